The van der Waals surface area contributed by atoms with Gasteiger partial charge in [-0.25, -0.2) is 9.48 Å². The fourth-order valence-corrected chi connectivity index (χ4v) is 1.98. The van der Waals surface area contributed by atoms with Crippen LogP contribution < -0.4 is 5.43 Å². The summed E-state index contributed by atoms with van der Waals surface area (Å²) in [7, 11) is 1.31. The number of ether oxygens (including phenoxy) is 1. The number of rotatable bonds is 2. The smallest absolute Gasteiger partial charge is 0.377 e. The van der Waals surface area contributed by atoms with Gasteiger partial charge in [0.05, 0.1) is 18.3 Å². The molecule has 22 heavy (non-hydrogen) atoms. The van der Waals surface area contributed by atoms with Gasteiger partial charge in [-0.3, -0.25) is 5.43 Å². The molecule has 3 rings (SSSR count). The van der Waals surface area contributed by atoms with E-state index >= 15 is 0 Å². The zero-order valence-electron chi connectivity index (χ0n) is 11.9. The Labute approximate surface area is 127 Å². The van der Waals surface area contributed by atoms with Crippen molar-refractivity contribution in [3.63, 3.8) is 0 Å². The van der Waals surface area contributed by atoms with Gasteiger partial charge in [0.1, 0.15) is 0 Å². The molecule has 1 aromatic heterocycles. The number of fused-ring (bicyclic) bond motifs is 1. The number of para-hydroxylation sites is 1. The van der Waals surface area contributed by atoms with Crippen molar-refractivity contribution in [1.82, 2.24) is 9.78 Å². The average Bonchev–Trinajstić information content (AvgIpc) is 2.99. The second kappa shape index (κ2) is 6.09. The molecule has 0 amide bonds. The van der Waals surface area contributed by atoms with Gasteiger partial charge in [-0.15, -0.1) is 5.10 Å². The van der Waals surface area contributed by atoms with Crippen molar-refractivity contribution < 1.29 is 9.53 Å². The summed E-state index contributed by atoms with van der Waals surface area (Å²) in [5.74, 6) is -0.515. The molecule has 0 aliphatic heterocycles. The number of hydrogen-bond donors (Lipinski definition) is 1. The van der Waals surface area contributed by atoms with E-state index in [0.717, 1.165) is 16.6 Å². The Kier molecular flexibility index (Phi) is 3.82. The predicted octanol–water partition coefficient (Wildman–Crippen LogP) is 2.48. The van der Waals surface area contributed by atoms with Crippen LogP contribution in [0.2, 0.25) is 0 Å². The standard InChI is InChI=1S/C16H14N4O2/c1-22-16(21)15(18-17-13-8-3-2-4-9-13)20-11-12-7-5-6-10-14(12)19-20/h2-11,17H,1H3/b18-15-. The number of anilines is 1. The number of aromatic nitrogens is 2. The minimum atomic E-state index is -0.573. The van der Waals surface area contributed by atoms with Crippen molar-refractivity contribution in [1.29, 1.82) is 0 Å². The Bertz CT molecular complexity index is 791. The van der Waals surface area contributed by atoms with Crippen LogP contribution >= 0.6 is 0 Å². The summed E-state index contributed by atoms with van der Waals surface area (Å²) in [5, 5.41) is 9.38. The Balaban J connectivity index is 1.97. The van der Waals surface area contributed by atoms with Gasteiger partial charge in [0.15, 0.2) is 0 Å². The van der Waals surface area contributed by atoms with Gasteiger partial charge in [0.2, 0.25) is 0 Å². The van der Waals surface area contributed by atoms with Crippen LogP contribution in [-0.2, 0) is 9.53 Å². The Morgan fingerprint density at radius 1 is 1.14 bits per heavy atom. The van der Waals surface area contributed by atoms with Crippen LogP contribution in [0.5, 0.6) is 0 Å². The molecule has 3 aromatic rings. The quantitative estimate of drug-likeness (QED) is 0.341. The third-order valence-corrected chi connectivity index (χ3v) is 3.06. The Hall–Kier alpha value is -3.15. The first-order chi connectivity index (χ1) is 10.8. The minimum Gasteiger partial charge on any atom is -0.463 e. The number of methoxy groups -OCH3 is 1. The van der Waals surface area contributed by atoms with E-state index < -0.39 is 5.97 Å². The van der Waals surface area contributed by atoms with Crippen molar-refractivity contribution in [2.45, 2.75) is 0 Å². The van der Waals surface area contributed by atoms with E-state index in [2.05, 4.69) is 15.6 Å². The van der Waals surface area contributed by atoms with Crippen LogP contribution in [0.15, 0.2) is 65.9 Å². The third kappa shape index (κ3) is 2.80. The zero-order valence-corrected chi connectivity index (χ0v) is 11.9. The summed E-state index contributed by atoms with van der Waals surface area (Å²) < 4.78 is 6.19. The zero-order chi connectivity index (χ0) is 15.4. The number of hydrazone groups is 1. The second-order valence-corrected chi connectivity index (χ2v) is 4.54. The number of benzene rings is 2. The Morgan fingerprint density at radius 2 is 1.86 bits per heavy atom. The van der Waals surface area contributed by atoms with Crippen LogP contribution in [-0.4, -0.2) is 28.7 Å². The molecule has 0 spiro atoms. The molecular weight excluding hydrogens is 280 g/mol. The summed E-state index contributed by atoms with van der Waals surface area (Å²) >= 11 is 0. The van der Waals surface area contributed by atoms with E-state index in [1.807, 2.05) is 54.6 Å². The van der Waals surface area contributed by atoms with Crippen molar-refractivity contribution in [2.24, 2.45) is 5.10 Å². The van der Waals surface area contributed by atoms with E-state index in [-0.39, 0.29) is 5.84 Å². The van der Waals surface area contributed by atoms with Gasteiger partial charge < -0.3 is 4.74 Å². The van der Waals surface area contributed by atoms with Crippen molar-refractivity contribution in [2.75, 3.05) is 12.5 Å². The highest BCUT2D eigenvalue weighted by atomic mass is 16.5. The molecule has 0 fully saturated rings. The molecule has 0 radical (unpaired) electrons. The predicted molar refractivity (Wildman–Crippen MR) is 84.6 cm³/mol. The lowest BCUT2D eigenvalue weighted by atomic mass is 10.3. The van der Waals surface area contributed by atoms with Gasteiger partial charge in [-0.1, -0.05) is 36.4 Å². The maximum atomic E-state index is 12.0. The molecule has 0 aliphatic carbocycles. The topological polar surface area (TPSA) is 68.5 Å². The van der Waals surface area contributed by atoms with E-state index in [1.54, 1.807) is 6.20 Å². The molecule has 1 heterocycles. The molecule has 2 aromatic carbocycles. The molecule has 0 aliphatic rings. The van der Waals surface area contributed by atoms with Crippen LogP contribution in [0.25, 0.3) is 10.9 Å². The van der Waals surface area contributed by atoms with Gasteiger partial charge in [0, 0.05) is 11.6 Å². The SMILES string of the molecule is COC(=O)/C(=N/Nc1ccccc1)n1cc2ccccc2n1. The van der Waals surface area contributed by atoms with Gasteiger partial charge >= 0.3 is 5.97 Å². The lowest BCUT2D eigenvalue weighted by Crippen LogP contribution is -2.26. The molecule has 110 valence electrons. The van der Waals surface area contributed by atoms with Crippen LogP contribution in [0.3, 0.4) is 0 Å². The van der Waals surface area contributed by atoms with E-state index in [9.17, 15) is 4.79 Å². The highest BCUT2D eigenvalue weighted by Crippen LogP contribution is 2.11. The lowest BCUT2D eigenvalue weighted by molar-refractivity contribution is -0.133. The third-order valence-electron chi connectivity index (χ3n) is 3.06. The maximum Gasteiger partial charge on any atom is 0.377 e. The molecule has 0 unspecified atom stereocenters. The lowest BCUT2D eigenvalue weighted by Gasteiger charge is -2.05. The van der Waals surface area contributed by atoms with Crippen LogP contribution in [0, 0.1) is 0 Å². The van der Waals surface area contributed by atoms with E-state index in [0.29, 0.717) is 0 Å². The largest absolute Gasteiger partial charge is 0.463 e. The number of carbonyl (C=O) groups is 1. The minimum absolute atomic E-state index is 0.0579. The number of carbonyl (C=O) groups excluding carboxylic acids is 1. The number of nitrogens with zero attached hydrogens (tertiary/aromatic N) is 3. The van der Waals surface area contributed by atoms with Gasteiger partial charge in [-0.2, -0.15) is 5.10 Å². The van der Waals surface area contributed by atoms with Gasteiger partial charge in [0.25, 0.3) is 5.84 Å². The molecule has 6 nitrogen and oxygen atoms in total. The van der Waals surface area contributed by atoms with E-state index in [4.69, 9.17) is 4.74 Å². The first-order valence-electron chi connectivity index (χ1n) is 6.70. The first-order valence-corrected chi connectivity index (χ1v) is 6.70. The molecule has 6 heteroatoms. The normalized spacial score (nSPS) is 11.4. The number of esters is 1. The van der Waals surface area contributed by atoms with Crippen molar-refractivity contribution in [3.8, 4) is 0 Å². The molecule has 0 bridgehead atoms. The summed E-state index contributed by atoms with van der Waals surface area (Å²) in [4.78, 5) is 12.0. The summed E-state index contributed by atoms with van der Waals surface area (Å²) in [5.41, 5.74) is 4.37. The highest BCUT2D eigenvalue weighted by molar-refractivity contribution is 6.36. The Morgan fingerprint density at radius 3 is 2.59 bits per heavy atom. The average molecular weight is 294 g/mol. The summed E-state index contributed by atoms with van der Waals surface area (Å²) in [6.07, 6.45) is 1.73. The fraction of sp³-hybridized carbons (Fsp3) is 0.0625. The van der Waals surface area contributed by atoms with Crippen LogP contribution in [0.1, 0.15) is 0 Å². The molecule has 1 N–H and O–H groups in total. The molecule has 0 saturated carbocycles. The molecule has 0 saturated heterocycles. The van der Waals surface area contributed by atoms with Crippen LogP contribution in [0.4, 0.5) is 5.69 Å². The maximum absolute atomic E-state index is 12.0. The monoisotopic (exact) mass is 294 g/mol. The first kappa shape index (κ1) is 13.8. The number of hydrogen-bond acceptors (Lipinski definition) is 5. The van der Waals surface area contributed by atoms with E-state index in [1.165, 1.54) is 11.8 Å². The number of nitrogens with one attached hydrogen (secondary N) is 1. The summed E-state index contributed by atoms with van der Waals surface area (Å²) in [6, 6.07) is 16.9. The van der Waals surface area contributed by atoms with Crippen molar-refractivity contribution in [3.05, 3.63) is 60.8 Å². The molecule has 0 atom stereocenters. The summed E-state index contributed by atoms with van der Waals surface area (Å²) in [6.45, 7) is 0. The fourth-order valence-electron chi connectivity index (χ4n) is 1.98. The molecular formula is C16H14N4O2. The van der Waals surface area contributed by atoms with Gasteiger partial charge in [-0.05, 0) is 18.2 Å². The second-order valence-electron chi connectivity index (χ2n) is 4.54. The van der Waals surface area contributed by atoms with Crippen molar-refractivity contribution >= 4 is 28.4 Å². The highest BCUT2D eigenvalue weighted by Gasteiger charge is 2.16.